The Morgan fingerprint density at radius 2 is 1.93 bits per heavy atom. The number of aromatic nitrogens is 2. The topological polar surface area (TPSA) is 141 Å². The second-order valence-electron chi connectivity index (χ2n) is 11.4. The van der Waals surface area contributed by atoms with E-state index in [0.29, 0.717) is 40.1 Å². The molecule has 0 aliphatic heterocycles. The summed E-state index contributed by atoms with van der Waals surface area (Å²) < 4.78 is 22.6. The Morgan fingerprint density at radius 3 is 2.51 bits per heavy atom. The molecule has 3 aromatic rings. The first-order valence-electron chi connectivity index (χ1n) is 13.7. The molecule has 1 aliphatic rings. The number of methoxy groups -OCH3 is 1. The van der Waals surface area contributed by atoms with E-state index in [1.165, 1.54) is 18.4 Å². The van der Waals surface area contributed by atoms with E-state index >= 15 is 0 Å². The van der Waals surface area contributed by atoms with Crippen LogP contribution in [0.5, 0.6) is 5.75 Å². The SMILES string of the molecule is CCc1c(/C(N)=C/N(N)c2cc(C(=O)Nc3cc(C(C)(C)C)cc(NS(C)=O)c3OC)ccc2C)cnn1C1CC1. The molecule has 1 amide bonds. The number of carbonyl (C=O) groups excluding carboxylic acids is 1. The Morgan fingerprint density at radius 1 is 1.24 bits per heavy atom. The normalized spacial score (nSPS) is 14.5. The number of nitrogens with two attached hydrogens (primary N) is 2. The van der Waals surface area contributed by atoms with E-state index in [9.17, 15) is 9.00 Å². The van der Waals surface area contributed by atoms with Gasteiger partial charge in [-0.1, -0.05) is 33.8 Å². The molecule has 10 nitrogen and oxygen atoms in total. The van der Waals surface area contributed by atoms with Gasteiger partial charge in [-0.3, -0.25) is 14.5 Å². The minimum Gasteiger partial charge on any atom is -0.492 e. The largest absolute Gasteiger partial charge is 0.492 e. The third-order valence-corrected chi connectivity index (χ3v) is 7.63. The predicted octanol–water partition coefficient (Wildman–Crippen LogP) is 4.99. The lowest BCUT2D eigenvalue weighted by molar-refractivity contribution is 0.102. The van der Waals surface area contributed by atoms with Crippen LogP contribution in [0.1, 0.15) is 79.3 Å². The number of rotatable bonds is 10. The highest BCUT2D eigenvalue weighted by Crippen LogP contribution is 2.39. The molecule has 0 bridgehead atoms. The van der Waals surface area contributed by atoms with Gasteiger partial charge in [0, 0.05) is 29.3 Å². The van der Waals surface area contributed by atoms with Crippen LogP contribution < -0.4 is 31.4 Å². The van der Waals surface area contributed by atoms with Gasteiger partial charge in [-0.05, 0) is 67.0 Å². The summed E-state index contributed by atoms with van der Waals surface area (Å²) in [5.41, 5.74) is 12.6. The van der Waals surface area contributed by atoms with Gasteiger partial charge in [0.05, 0.1) is 42.1 Å². The van der Waals surface area contributed by atoms with Crippen molar-refractivity contribution in [2.24, 2.45) is 11.6 Å². The van der Waals surface area contributed by atoms with Gasteiger partial charge in [-0.25, -0.2) is 10.1 Å². The van der Waals surface area contributed by atoms with Crippen LogP contribution in [0.2, 0.25) is 0 Å². The monoisotopic (exact) mass is 579 g/mol. The molecule has 41 heavy (non-hydrogen) atoms. The second kappa shape index (κ2) is 12.0. The molecule has 2 aromatic carbocycles. The first-order chi connectivity index (χ1) is 19.3. The second-order valence-corrected chi connectivity index (χ2v) is 12.5. The summed E-state index contributed by atoms with van der Waals surface area (Å²) in [6, 6.07) is 9.53. The van der Waals surface area contributed by atoms with Crippen molar-refractivity contribution in [2.75, 3.05) is 28.4 Å². The maximum Gasteiger partial charge on any atom is 0.255 e. The molecule has 1 unspecified atom stereocenters. The molecule has 11 heteroatoms. The van der Waals surface area contributed by atoms with Crippen molar-refractivity contribution in [2.45, 2.75) is 65.3 Å². The lowest BCUT2D eigenvalue weighted by atomic mass is 9.86. The number of hydrazine groups is 1. The molecule has 0 radical (unpaired) electrons. The van der Waals surface area contributed by atoms with Gasteiger partial charge in [-0.15, -0.1) is 0 Å². The minimum absolute atomic E-state index is 0.229. The molecule has 1 atom stereocenters. The smallest absolute Gasteiger partial charge is 0.255 e. The predicted molar refractivity (Wildman–Crippen MR) is 167 cm³/mol. The quantitative estimate of drug-likeness (QED) is 0.196. The van der Waals surface area contributed by atoms with E-state index < -0.39 is 11.0 Å². The molecular weight excluding hydrogens is 538 g/mol. The number of aryl methyl sites for hydroxylation is 1. The standard InChI is InChI=1S/C30H41N7O3S/c1-8-26-22(16-33-37(26)21-11-12-21)23(31)17-36(32)27-13-19(10-9-18(27)2)29(38)34-24-14-20(30(3,4)5)15-25(28(24)40-6)35-41(7)39/h9-10,13-17,21,35H,8,11-12,31-32H2,1-7H3,(H,34,38)/b23-17-. The van der Waals surface area contributed by atoms with Crippen LogP contribution in [0.4, 0.5) is 17.1 Å². The average molecular weight is 580 g/mol. The summed E-state index contributed by atoms with van der Waals surface area (Å²) in [5.74, 6) is 6.51. The summed E-state index contributed by atoms with van der Waals surface area (Å²) in [4.78, 5) is 13.5. The molecule has 1 saturated carbocycles. The highest BCUT2D eigenvalue weighted by molar-refractivity contribution is 7.85. The van der Waals surface area contributed by atoms with Crippen LogP contribution in [0.15, 0.2) is 42.7 Å². The van der Waals surface area contributed by atoms with Crippen LogP contribution >= 0.6 is 0 Å². The molecule has 0 spiro atoms. The lowest BCUT2D eigenvalue weighted by Crippen LogP contribution is -2.27. The van der Waals surface area contributed by atoms with Gasteiger partial charge in [0.2, 0.25) is 0 Å². The summed E-state index contributed by atoms with van der Waals surface area (Å²) in [7, 11) is 0.177. The Hall–Kier alpha value is -3.83. The number of ether oxygens (including phenoxy) is 1. The molecule has 1 aromatic heterocycles. The highest BCUT2D eigenvalue weighted by atomic mass is 32.2. The van der Waals surface area contributed by atoms with Crippen molar-refractivity contribution >= 4 is 39.7 Å². The average Bonchev–Trinajstić information content (AvgIpc) is 3.65. The van der Waals surface area contributed by atoms with Gasteiger partial charge in [0.15, 0.2) is 5.75 Å². The molecular formula is C30H41N7O3S. The zero-order valence-electron chi connectivity index (χ0n) is 24.9. The number of carbonyl (C=O) groups is 1. The molecule has 1 fully saturated rings. The highest BCUT2D eigenvalue weighted by Gasteiger charge is 2.28. The third kappa shape index (κ3) is 6.74. The Labute approximate surface area is 244 Å². The van der Waals surface area contributed by atoms with E-state index in [0.717, 1.165) is 41.6 Å². The number of hydrogen-bond donors (Lipinski definition) is 4. The van der Waals surface area contributed by atoms with Gasteiger partial charge >= 0.3 is 0 Å². The number of amides is 1. The Bertz CT molecular complexity index is 1500. The van der Waals surface area contributed by atoms with E-state index in [2.05, 4.69) is 47.5 Å². The lowest BCUT2D eigenvalue weighted by Gasteiger charge is -2.24. The molecule has 1 heterocycles. The van der Waals surface area contributed by atoms with Crippen LogP contribution in [-0.2, 0) is 22.8 Å². The van der Waals surface area contributed by atoms with E-state index in [-0.39, 0.29) is 11.3 Å². The zero-order chi connectivity index (χ0) is 30.1. The van der Waals surface area contributed by atoms with Crippen molar-refractivity contribution in [1.29, 1.82) is 0 Å². The fourth-order valence-electron chi connectivity index (χ4n) is 4.73. The van der Waals surface area contributed by atoms with Crippen LogP contribution in [0, 0.1) is 6.92 Å². The fourth-order valence-corrected chi connectivity index (χ4v) is 5.19. The fraction of sp³-hybridized carbons (Fsp3) is 0.400. The van der Waals surface area contributed by atoms with Crippen molar-refractivity contribution in [3.05, 3.63) is 70.7 Å². The van der Waals surface area contributed by atoms with Crippen LogP contribution in [0.25, 0.3) is 5.70 Å². The van der Waals surface area contributed by atoms with Crippen molar-refractivity contribution in [1.82, 2.24) is 9.78 Å². The van der Waals surface area contributed by atoms with Gasteiger partial charge < -0.3 is 20.5 Å². The minimum atomic E-state index is -1.33. The Balaban J connectivity index is 1.64. The molecule has 220 valence electrons. The number of benzene rings is 2. The molecule has 0 saturated heterocycles. The van der Waals surface area contributed by atoms with E-state index in [1.54, 1.807) is 24.5 Å². The summed E-state index contributed by atoms with van der Waals surface area (Å²) in [6.45, 7) is 10.2. The van der Waals surface area contributed by atoms with Gasteiger partial charge in [0.1, 0.15) is 11.0 Å². The zero-order valence-corrected chi connectivity index (χ0v) is 25.7. The maximum absolute atomic E-state index is 13.5. The number of nitrogens with zero attached hydrogens (tertiary/aromatic N) is 3. The summed E-state index contributed by atoms with van der Waals surface area (Å²) in [5, 5.41) is 8.97. The summed E-state index contributed by atoms with van der Waals surface area (Å²) in [6.07, 6.45) is 8.08. The maximum atomic E-state index is 13.5. The van der Waals surface area contributed by atoms with Crippen molar-refractivity contribution < 1.29 is 13.7 Å². The molecule has 1 aliphatic carbocycles. The number of hydrogen-bond acceptors (Lipinski definition) is 7. The van der Waals surface area contributed by atoms with E-state index in [4.69, 9.17) is 16.3 Å². The first kappa shape index (κ1) is 30.1. The van der Waals surface area contributed by atoms with Gasteiger partial charge in [-0.2, -0.15) is 5.10 Å². The van der Waals surface area contributed by atoms with Crippen LogP contribution in [0.3, 0.4) is 0 Å². The third-order valence-electron chi connectivity index (χ3n) is 7.13. The van der Waals surface area contributed by atoms with Gasteiger partial charge in [0.25, 0.3) is 5.91 Å². The number of anilines is 3. The Kier molecular flexibility index (Phi) is 8.79. The molecule has 4 rings (SSSR count). The van der Waals surface area contributed by atoms with Crippen molar-refractivity contribution in [3.8, 4) is 5.75 Å². The van der Waals surface area contributed by atoms with Crippen LogP contribution in [-0.4, -0.2) is 33.3 Å². The van der Waals surface area contributed by atoms with Crippen molar-refractivity contribution in [3.63, 3.8) is 0 Å². The summed E-state index contributed by atoms with van der Waals surface area (Å²) >= 11 is 0. The van der Waals surface area contributed by atoms with E-state index in [1.807, 2.05) is 25.1 Å². The molecule has 6 N–H and O–H groups in total. The first-order valence-corrected chi connectivity index (χ1v) is 15.2. The number of nitrogens with one attached hydrogen (secondary N) is 2.